The summed E-state index contributed by atoms with van der Waals surface area (Å²) in [5, 5.41) is 9.24. The van der Waals surface area contributed by atoms with E-state index in [1.54, 1.807) is 6.08 Å². The third kappa shape index (κ3) is 8.38. The third-order valence-corrected chi connectivity index (χ3v) is 3.66. The van der Waals surface area contributed by atoms with Crippen molar-refractivity contribution in [3.8, 4) is 0 Å². The zero-order chi connectivity index (χ0) is 15.3. The molecule has 0 aromatic rings. The van der Waals surface area contributed by atoms with Gasteiger partial charge in [-0.05, 0) is 25.7 Å². The number of nitrogens with one attached hydrogen (secondary N) is 3. The molecule has 0 bridgehead atoms. The highest BCUT2D eigenvalue weighted by Gasteiger charge is 2.16. The van der Waals surface area contributed by atoms with E-state index in [4.69, 9.17) is 0 Å². The fourth-order valence-corrected chi connectivity index (χ4v) is 2.60. The van der Waals surface area contributed by atoms with Crippen molar-refractivity contribution >= 4 is 11.9 Å². The van der Waals surface area contributed by atoms with Gasteiger partial charge in [-0.1, -0.05) is 25.3 Å². The first kappa shape index (κ1) is 17.5. The lowest BCUT2D eigenvalue weighted by molar-refractivity contribution is -0.122. The smallest absolute Gasteiger partial charge is 0.220 e. The lowest BCUT2D eigenvalue weighted by atomic mass is 9.87. The Balaban J connectivity index is 2.17. The molecule has 5 heteroatoms. The molecule has 1 amide bonds. The molecule has 0 unspecified atom stereocenters. The highest BCUT2D eigenvalue weighted by atomic mass is 16.1. The molecule has 0 radical (unpaired) electrons. The maximum absolute atomic E-state index is 11.8. The Morgan fingerprint density at radius 2 is 2.00 bits per heavy atom. The molecule has 1 saturated carbocycles. The van der Waals surface area contributed by atoms with E-state index in [2.05, 4.69) is 27.5 Å². The number of hydrogen-bond donors (Lipinski definition) is 3. The summed E-state index contributed by atoms with van der Waals surface area (Å²) in [6.45, 7) is 8.37. The lowest BCUT2D eigenvalue weighted by Gasteiger charge is -2.20. The van der Waals surface area contributed by atoms with Crippen LogP contribution in [0.5, 0.6) is 0 Å². The Bertz CT molecular complexity index is 335. The second kappa shape index (κ2) is 11.2. The van der Waals surface area contributed by atoms with Gasteiger partial charge in [0.2, 0.25) is 5.91 Å². The van der Waals surface area contributed by atoms with E-state index in [1.807, 2.05) is 6.92 Å². The number of rotatable bonds is 8. The average Bonchev–Trinajstić information content (AvgIpc) is 2.50. The zero-order valence-corrected chi connectivity index (χ0v) is 13.3. The molecule has 0 saturated heterocycles. The normalized spacial score (nSPS) is 16.3. The summed E-state index contributed by atoms with van der Waals surface area (Å²) in [6.07, 6.45) is 8.78. The number of carbonyl (C=O) groups is 1. The monoisotopic (exact) mass is 294 g/mol. The SMILES string of the molecule is C=CCNC(=NCCNC(=O)CC1CCCCC1)NCC. The first-order chi connectivity index (χ1) is 10.3. The third-order valence-electron chi connectivity index (χ3n) is 3.66. The van der Waals surface area contributed by atoms with Crippen LogP contribution in [-0.4, -0.2) is 38.0 Å². The molecule has 0 aromatic carbocycles. The second-order valence-electron chi connectivity index (χ2n) is 5.49. The summed E-state index contributed by atoms with van der Waals surface area (Å²) in [5.74, 6) is 1.52. The molecule has 120 valence electrons. The van der Waals surface area contributed by atoms with Crippen LogP contribution in [0.25, 0.3) is 0 Å². The minimum atomic E-state index is 0.168. The van der Waals surface area contributed by atoms with Crippen molar-refractivity contribution in [2.45, 2.75) is 45.4 Å². The second-order valence-corrected chi connectivity index (χ2v) is 5.49. The van der Waals surface area contributed by atoms with Gasteiger partial charge < -0.3 is 16.0 Å². The lowest BCUT2D eigenvalue weighted by Crippen LogP contribution is -2.38. The molecule has 0 atom stereocenters. The standard InChI is InChI=1S/C16H30N4O/c1-3-10-19-16(17-4-2)20-12-11-18-15(21)13-14-8-6-5-7-9-14/h3,14H,1,4-13H2,2H3,(H,18,21)(H2,17,19,20). The van der Waals surface area contributed by atoms with Crippen LogP contribution in [0.2, 0.25) is 0 Å². The number of aliphatic imine (C=N–C) groups is 1. The van der Waals surface area contributed by atoms with Crippen LogP contribution >= 0.6 is 0 Å². The number of guanidine groups is 1. The van der Waals surface area contributed by atoms with E-state index in [0.29, 0.717) is 32.0 Å². The molecular weight excluding hydrogens is 264 g/mol. The predicted octanol–water partition coefficient (Wildman–Crippen LogP) is 1.81. The largest absolute Gasteiger partial charge is 0.357 e. The zero-order valence-electron chi connectivity index (χ0n) is 13.3. The summed E-state index contributed by atoms with van der Waals surface area (Å²) in [4.78, 5) is 16.3. The molecule has 1 aliphatic carbocycles. The number of amides is 1. The molecule has 0 spiro atoms. The number of hydrogen-bond acceptors (Lipinski definition) is 2. The summed E-state index contributed by atoms with van der Waals surface area (Å²) in [6, 6.07) is 0. The van der Waals surface area contributed by atoms with Crippen molar-refractivity contribution in [3.63, 3.8) is 0 Å². The first-order valence-electron chi connectivity index (χ1n) is 8.16. The van der Waals surface area contributed by atoms with Crippen LogP contribution in [0, 0.1) is 5.92 Å². The van der Waals surface area contributed by atoms with Crippen molar-refractivity contribution in [2.75, 3.05) is 26.2 Å². The quantitative estimate of drug-likeness (QED) is 0.277. The summed E-state index contributed by atoms with van der Waals surface area (Å²) in [7, 11) is 0. The number of nitrogens with zero attached hydrogens (tertiary/aromatic N) is 1. The van der Waals surface area contributed by atoms with Crippen molar-refractivity contribution < 1.29 is 4.79 Å². The average molecular weight is 294 g/mol. The summed E-state index contributed by atoms with van der Waals surface area (Å²) in [5.41, 5.74) is 0. The van der Waals surface area contributed by atoms with Gasteiger partial charge in [-0.2, -0.15) is 0 Å². The highest BCUT2D eigenvalue weighted by molar-refractivity contribution is 5.80. The van der Waals surface area contributed by atoms with Crippen LogP contribution in [0.4, 0.5) is 0 Å². The van der Waals surface area contributed by atoms with Crippen LogP contribution in [-0.2, 0) is 4.79 Å². The van der Waals surface area contributed by atoms with Gasteiger partial charge in [0.1, 0.15) is 0 Å². The summed E-state index contributed by atoms with van der Waals surface area (Å²) < 4.78 is 0. The number of carbonyl (C=O) groups excluding carboxylic acids is 1. The Hall–Kier alpha value is -1.52. The van der Waals surface area contributed by atoms with Gasteiger partial charge in [-0.3, -0.25) is 9.79 Å². The van der Waals surface area contributed by atoms with Gasteiger partial charge in [0, 0.05) is 26.1 Å². The predicted molar refractivity (Wildman–Crippen MR) is 88.4 cm³/mol. The minimum Gasteiger partial charge on any atom is -0.357 e. The van der Waals surface area contributed by atoms with E-state index in [1.165, 1.54) is 32.1 Å². The van der Waals surface area contributed by atoms with E-state index in [0.717, 1.165) is 12.5 Å². The van der Waals surface area contributed by atoms with E-state index in [9.17, 15) is 4.79 Å². The Morgan fingerprint density at radius 3 is 2.67 bits per heavy atom. The van der Waals surface area contributed by atoms with Gasteiger partial charge in [-0.15, -0.1) is 6.58 Å². The molecule has 1 aliphatic rings. The van der Waals surface area contributed by atoms with Gasteiger partial charge in [0.05, 0.1) is 6.54 Å². The highest BCUT2D eigenvalue weighted by Crippen LogP contribution is 2.25. The van der Waals surface area contributed by atoms with Crippen LogP contribution in [0.15, 0.2) is 17.6 Å². The van der Waals surface area contributed by atoms with Gasteiger partial charge in [0.15, 0.2) is 5.96 Å². The van der Waals surface area contributed by atoms with Gasteiger partial charge in [0.25, 0.3) is 0 Å². The topological polar surface area (TPSA) is 65.5 Å². The molecule has 21 heavy (non-hydrogen) atoms. The van der Waals surface area contributed by atoms with E-state index < -0.39 is 0 Å². The fraction of sp³-hybridized carbons (Fsp3) is 0.750. The molecule has 0 aromatic heterocycles. The van der Waals surface area contributed by atoms with Crippen LogP contribution in [0.3, 0.4) is 0 Å². The molecule has 1 rings (SSSR count). The first-order valence-corrected chi connectivity index (χ1v) is 8.16. The molecule has 0 heterocycles. The van der Waals surface area contributed by atoms with Crippen molar-refractivity contribution in [3.05, 3.63) is 12.7 Å². The van der Waals surface area contributed by atoms with Crippen LogP contribution < -0.4 is 16.0 Å². The minimum absolute atomic E-state index is 0.168. The fourth-order valence-electron chi connectivity index (χ4n) is 2.60. The van der Waals surface area contributed by atoms with E-state index in [-0.39, 0.29) is 5.91 Å². The van der Waals surface area contributed by atoms with Gasteiger partial charge >= 0.3 is 0 Å². The van der Waals surface area contributed by atoms with Crippen molar-refractivity contribution in [1.82, 2.24) is 16.0 Å². The molecule has 3 N–H and O–H groups in total. The Kier molecular flexibility index (Phi) is 9.33. The summed E-state index contributed by atoms with van der Waals surface area (Å²) >= 11 is 0. The van der Waals surface area contributed by atoms with Crippen molar-refractivity contribution in [2.24, 2.45) is 10.9 Å². The Labute approximate surface area is 128 Å². The molecular formula is C16H30N4O. The molecule has 1 fully saturated rings. The maximum Gasteiger partial charge on any atom is 0.220 e. The van der Waals surface area contributed by atoms with Gasteiger partial charge in [-0.25, -0.2) is 0 Å². The maximum atomic E-state index is 11.8. The molecule has 5 nitrogen and oxygen atoms in total. The van der Waals surface area contributed by atoms with Crippen molar-refractivity contribution in [1.29, 1.82) is 0 Å². The van der Waals surface area contributed by atoms with E-state index >= 15 is 0 Å². The van der Waals surface area contributed by atoms with Crippen LogP contribution in [0.1, 0.15) is 45.4 Å². The Morgan fingerprint density at radius 1 is 1.24 bits per heavy atom. The molecule has 0 aliphatic heterocycles.